The molecular weight excluding hydrogens is 278 g/mol. The molecule has 2 heterocycles. The smallest absolute Gasteiger partial charge is 0.151 e. The van der Waals surface area contributed by atoms with E-state index in [1.54, 1.807) is 11.3 Å². The monoisotopic (exact) mass is 295 g/mol. The van der Waals surface area contributed by atoms with E-state index in [0.717, 1.165) is 23.3 Å². The van der Waals surface area contributed by atoms with Crippen LogP contribution in [0.15, 0.2) is 30.3 Å². The van der Waals surface area contributed by atoms with E-state index in [-0.39, 0.29) is 0 Å². The summed E-state index contributed by atoms with van der Waals surface area (Å²) < 4.78 is 2.25. The number of benzene rings is 1. The highest BCUT2D eigenvalue weighted by atomic mass is 32.1. The number of thiophene rings is 1. The number of fused-ring (bicyclic) bond motifs is 1. The van der Waals surface area contributed by atoms with Gasteiger partial charge in [0, 0.05) is 10.9 Å². The Labute approximate surface area is 128 Å². The zero-order valence-electron chi connectivity index (χ0n) is 12.4. The predicted octanol–water partition coefficient (Wildman–Crippen LogP) is 4.78. The van der Waals surface area contributed by atoms with E-state index in [1.165, 1.54) is 9.75 Å². The molecule has 0 saturated carbocycles. The maximum Gasteiger partial charge on any atom is 0.151 e. The van der Waals surface area contributed by atoms with Crippen LogP contribution >= 0.6 is 11.3 Å². The molecular formula is C17H17N3S. The van der Waals surface area contributed by atoms with Crippen molar-refractivity contribution in [3.63, 3.8) is 0 Å². The summed E-state index contributed by atoms with van der Waals surface area (Å²) in [4.78, 5) is 7.34. The Morgan fingerprint density at radius 2 is 2.10 bits per heavy atom. The molecule has 3 rings (SSSR count). The SMILES string of the molecule is CCc1ccc(-c2nc3cc(C#N)ccc3n2C(C)C)s1. The third-order valence-corrected chi connectivity index (χ3v) is 4.79. The van der Waals surface area contributed by atoms with Crippen molar-refractivity contribution >= 4 is 22.4 Å². The van der Waals surface area contributed by atoms with Gasteiger partial charge in [-0.25, -0.2) is 4.98 Å². The van der Waals surface area contributed by atoms with Crippen molar-refractivity contribution in [1.82, 2.24) is 9.55 Å². The van der Waals surface area contributed by atoms with Crippen LogP contribution in [0, 0.1) is 11.3 Å². The van der Waals surface area contributed by atoms with Crippen LogP contribution in [0.1, 0.15) is 37.3 Å². The van der Waals surface area contributed by atoms with Crippen molar-refractivity contribution in [1.29, 1.82) is 5.26 Å². The van der Waals surface area contributed by atoms with Gasteiger partial charge in [-0.2, -0.15) is 5.26 Å². The molecule has 0 radical (unpaired) electrons. The maximum absolute atomic E-state index is 9.05. The first-order valence-electron chi connectivity index (χ1n) is 7.15. The van der Waals surface area contributed by atoms with Gasteiger partial charge >= 0.3 is 0 Å². The number of nitriles is 1. The van der Waals surface area contributed by atoms with Gasteiger partial charge in [0.15, 0.2) is 5.82 Å². The predicted molar refractivity (Wildman–Crippen MR) is 87.5 cm³/mol. The third kappa shape index (κ3) is 2.34. The van der Waals surface area contributed by atoms with Gasteiger partial charge in [-0.05, 0) is 50.6 Å². The molecule has 0 bridgehead atoms. The molecule has 1 aromatic carbocycles. The minimum atomic E-state index is 0.324. The Kier molecular flexibility index (Phi) is 3.52. The van der Waals surface area contributed by atoms with Crippen LogP contribution < -0.4 is 0 Å². The normalized spacial score (nSPS) is 11.2. The molecule has 3 nitrogen and oxygen atoms in total. The molecule has 0 amide bonds. The molecule has 0 N–H and O–H groups in total. The largest absolute Gasteiger partial charge is 0.321 e. The maximum atomic E-state index is 9.05. The van der Waals surface area contributed by atoms with E-state index >= 15 is 0 Å². The first-order valence-corrected chi connectivity index (χ1v) is 7.97. The van der Waals surface area contributed by atoms with Gasteiger partial charge in [0.25, 0.3) is 0 Å². The van der Waals surface area contributed by atoms with Crippen LogP contribution in [0.4, 0.5) is 0 Å². The number of nitrogens with zero attached hydrogens (tertiary/aromatic N) is 3. The van der Waals surface area contributed by atoms with Gasteiger partial charge in [-0.1, -0.05) is 6.92 Å². The number of imidazole rings is 1. The lowest BCUT2D eigenvalue weighted by Gasteiger charge is -2.12. The molecule has 4 heteroatoms. The molecule has 0 aliphatic carbocycles. The number of aromatic nitrogens is 2. The van der Waals surface area contributed by atoms with Crippen molar-refractivity contribution in [3.05, 3.63) is 40.8 Å². The average Bonchev–Trinajstić information content (AvgIpc) is 3.09. The molecule has 106 valence electrons. The lowest BCUT2D eigenvalue weighted by molar-refractivity contribution is 0.625. The molecule has 0 unspecified atom stereocenters. The van der Waals surface area contributed by atoms with Crippen molar-refractivity contribution in [2.75, 3.05) is 0 Å². The van der Waals surface area contributed by atoms with E-state index < -0.39 is 0 Å². The highest BCUT2D eigenvalue weighted by molar-refractivity contribution is 7.15. The highest BCUT2D eigenvalue weighted by Crippen LogP contribution is 2.33. The Balaban J connectivity index is 2.26. The van der Waals surface area contributed by atoms with Gasteiger partial charge in [0.1, 0.15) is 0 Å². The Morgan fingerprint density at radius 3 is 2.71 bits per heavy atom. The van der Waals surface area contributed by atoms with Crippen molar-refractivity contribution < 1.29 is 0 Å². The lowest BCUT2D eigenvalue weighted by atomic mass is 10.2. The van der Waals surface area contributed by atoms with Crippen molar-refractivity contribution in [2.45, 2.75) is 33.2 Å². The summed E-state index contributed by atoms with van der Waals surface area (Å²) in [6.45, 7) is 6.49. The van der Waals surface area contributed by atoms with Crippen LogP contribution in [-0.2, 0) is 6.42 Å². The summed E-state index contributed by atoms with van der Waals surface area (Å²) in [5, 5.41) is 9.05. The Morgan fingerprint density at radius 1 is 1.29 bits per heavy atom. The molecule has 0 fully saturated rings. The van der Waals surface area contributed by atoms with Gasteiger partial charge < -0.3 is 4.57 Å². The summed E-state index contributed by atoms with van der Waals surface area (Å²) >= 11 is 1.79. The summed E-state index contributed by atoms with van der Waals surface area (Å²) in [6.07, 6.45) is 1.05. The zero-order chi connectivity index (χ0) is 15.0. The third-order valence-electron chi connectivity index (χ3n) is 3.57. The first-order chi connectivity index (χ1) is 10.1. The average molecular weight is 295 g/mol. The molecule has 0 aliphatic rings. The van der Waals surface area contributed by atoms with Crippen molar-refractivity contribution in [2.24, 2.45) is 0 Å². The number of hydrogen-bond acceptors (Lipinski definition) is 3. The fraction of sp³-hybridized carbons (Fsp3) is 0.294. The minimum Gasteiger partial charge on any atom is -0.321 e. The van der Waals surface area contributed by atoms with Gasteiger partial charge in [-0.15, -0.1) is 11.3 Å². The van der Waals surface area contributed by atoms with E-state index in [4.69, 9.17) is 10.2 Å². The molecule has 3 aromatic rings. The number of aryl methyl sites for hydroxylation is 1. The highest BCUT2D eigenvalue weighted by Gasteiger charge is 2.16. The number of hydrogen-bond donors (Lipinski definition) is 0. The molecule has 2 aromatic heterocycles. The molecule has 0 saturated heterocycles. The summed E-state index contributed by atoms with van der Waals surface area (Å²) in [7, 11) is 0. The van der Waals surface area contributed by atoms with Crippen LogP contribution in [0.2, 0.25) is 0 Å². The molecule has 0 spiro atoms. The van der Waals surface area contributed by atoms with E-state index in [0.29, 0.717) is 11.6 Å². The summed E-state index contributed by atoms with van der Waals surface area (Å²) in [5.41, 5.74) is 2.64. The topological polar surface area (TPSA) is 41.6 Å². The second-order valence-electron chi connectivity index (χ2n) is 5.33. The van der Waals surface area contributed by atoms with E-state index in [2.05, 4.69) is 43.5 Å². The molecule has 0 atom stereocenters. The van der Waals surface area contributed by atoms with Gasteiger partial charge in [0.05, 0.1) is 27.5 Å². The Hall–Kier alpha value is -2.12. The van der Waals surface area contributed by atoms with Crippen molar-refractivity contribution in [3.8, 4) is 16.8 Å². The Bertz CT molecular complexity index is 833. The number of rotatable bonds is 3. The molecule has 0 aliphatic heterocycles. The summed E-state index contributed by atoms with van der Waals surface area (Å²) in [5.74, 6) is 1.000. The second kappa shape index (κ2) is 5.34. The second-order valence-corrected chi connectivity index (χ2v) is 6.50. The fourth-order valence-electron chi connectivity index (χ4n) is 2.55. The minimum absolute atomic E-state index is 0.324. The standard InChI is InChI=1S/C17H17N3S/c1-4-13-6-8-16(21-13)17-19-14-9-12(10-18)5-7-15(14)20(17)11(2)3/h5-9,11H,4H2,1-3H3. The zero-order valence-corrected chi connectivity index (χ0v) is 13.2. The van der Waals surface area contributed by atoms with E-state index in [9.17, 15) is 0 Å². The first kappa shape index (κ1) is 13.8. The lowest BCUT2D eigenvalue weighted by Crippen LogP contribution is -2.02. The summed E-state index contributed by atoms with van der Waals surface area (Å²) in [6, 6.07) is 12.6. The molecule has 21 heavy (non-hydrogen) atoms. The van der Waals surface area contributed by atoms with Crippen LogP contribution in [0.25, 0.3) is 21.7 Å². The van der Waals surface area contributed by atoms with E-state index in [1.807, 2.05) is 18.2 Å². The quantitative estimate of drug-likeness (QED) is 0.697. The van der Waals surface area contributed by atoms with Crippen LogP contribution in [-0.4, -0.2) is 9.55 Å². The van der Waals surface area contributed by atoms with Crippen LogP contribution in [0.3, 0.4) is 0 Å². The fourth-order valence-corrected chi connectivity index (χ4v) is 3.49. The van der Waals surface area contributed by atoms with Gasteiger partial charge in [0.2, 0.25) is 0 Å². The van der Waals surface area contributed by atoms with Crippen LogP contribution in [0.5, 0.6) is 0 Å². The van der Waals surface area contributed by atoms with Gasteiger partial charge in [-0.3, -0.25) is 0 Å².